The van der Waals surface area contributed by atoms with Gasteiger partial charge in [-0.05, 0) is 12.1 Å². The molecule has 0 saturated carbocycles. The summed E-state index contributed by atoms with van der Waals surface area (Å²) in [5.41, 5.74) is 2.51. The van der Waals surface area contributed by atoms with Gasteiger partial charge >= 0.3 is 0 Å². The van der Waals surface area contributed by atoms with Crippen molar-refractivity contribution in [3.8, 4) is 11.3 Å². The molecule has 1 aromatic heterocycles. The van der Waals surface area contributed by atoms with Crippen LogP contribution in [0.3, 0.4) is 0 Å². The number of ketones is 1. The summed E-state index contributed by atoms with van der Waals surface area (Å²) in [4.78, 5) is 18.0. The highest BCUT2D eigenvalue weighted by molar-refractivity contribution is 6.04. The first kappa shape index (κ1) is 13.0. The maximum absolute atomic E-state index is 11.8. The highest BCUT2D eigenvalue weighted by Crippen LogP contribution is 2.16. The summed E-state index contributed by atoms with van der Waals surface area (Å²) in [6, 6.07) is 13.6. The van der Waals surface area contributed by atoms with Crippen LogP contribution in [0.25, 0.3) is 11.3 Å². The van der Waals surface area contributed by atoms with Gasteiger partial charge in [-0.3, -0.25) is 9.78 Å². The minimum absolute atomic E-state index is 0.0409. The van der Waals surface area contributed by atoms with Gasteiger partial charge < -0.3 is 4.90 Å². The molecule has 0 spiro atoms. The lowest BCUT2D eigenvalue weighted by Gasteiger charge is -2.03. The maximum Gasteiger partial charge on any atom is 0.188 e. The van der Waals surface area contributed by atoms with E-state index in [1.165, 1.54) is 0 Å². The second-order valence-corrected chi connectivity index (χ2v) is 4.44. The minimum Gasteiger partial charge on any atom is -0.383 e. The average Bonchev–Trinajstić information content (AvgIpc) is 2.46. The van der Waals surface area contributed by atoms with Crippen molar-refractivity contribution in [3.05, 3.63) is 66.5 Å². The smallest absolute Gasteiger partial charge is 0.188 e. The van der Waals surface area contributed by atoms with E-state index in [0.717, 1.165) is 11.3 Å². The molecule has 1 aromatic carbocycles. The third-order valence-electron chi connectivity index (χ3n) is 2.64. The number of carbonyl (C=O) groups excluding carboxylic acids is 1. The van der Waals surface area contributed by atoms with Gasteiger partial charge in [-0.15, -0.1) is 0 Å². The van der Waals surface area contributed by atoms with E-state index in [-0.39, 0.29) is 5.78 Å². The zero-order valence-corrected chi connectivity index (χ0v) is 11.1. The third-order valence-corrected chi connectivity index (χ3v) is 2.64. The summed E-state index contributed by atoms with van der Waals surface area (Å²) in [6.45, 7) is 0. The van der Waals surface area contributed by atoms with Crippen molar-refractivity contribution < 1.29 is 4.79 Å². The number of allylic oxidation sites excluding steroid dienone is 1. The van der Waals surface area contributed by atoms with Crippen molar-refractivity contribution in [1.82, 2.24) is 9.88 Å². The van der Waals surface area contributed by atoms with Crippen molar-refractivity contribution in [2.45, 2.75) is 0 Å². The van der Waals surface area contributed by atoms with Gasteiger partial charge in [0, 0.05) is 43.7 Å². The summed E-state index contributed by atoms with van der Waals surface area (Å²) in [7, 11) is 3.75. The van der Waals surface area contributed by atoms with Gasteiger partial charge in [0.25, 0.3) is 0 Å². The molecule has 1 heterocycles. The fraction of sp³-hybridized carbons (Fsp3) is 0.125. The fourth-order valence-corrected chi connectivity index (χ4v) is 1.63. The maximum atomic E-state index is 11.8. The van der Waals surface area contributed by atoms with Gasteiger partial charge in [-0.25, -0.2) is 0 Å². The quantitative estimate of drug-likeness (QED) is 0.619. The van der Waals surface area contributed by atoms with E-state index in [0.29, 0.717) is 5.56 Å². The Labute approximate surface area is 113 Å². The molecule has 0 saturated heterocycles. The van der Waals surface area contributed by atoms with E-state index in [1.54, 1.807) is 24.5 Å². The number of hydrogen-bond acceptors (Lipinski definition) is 3. The van der Waals surface area contributed by atoms with E-state index in [4.69, 9.17) is 0 Å². The van der Waals surface area contributed by atoms with Crippen LogP contribution in [0.5, 0.6) is 0 Å². The van der Waals surface area contributed by atoms with Gasteiger partial charge in [0.2, 0.25) is 0 Å². The molecule has 3 nitrogen and oxygen atoms in total. The lowest BCUT2D eigenvalue weighted by atomic mass is 10.1. The lowest BCUT2D eigenvalue weighted by molar-refractivity contribution is 0.104. The molecule has 19 heavy (non-hydrogen) atoms. The molecule has 0 aliphatic carbocycles. The Bertz CT molecular complexity index is 571. The number of carbonyl (C=O) groups is 1. The third kappa shape index (κ3) is 3.52. The molecule has 0 bridgehead atoms. The van der Waals surface area contributed by atoms with Gasteiger partial charge in [-0.1, -0.05) is 30.3 Å². The van der Waals surface area contributed by atoms with Crippen molar-refractivity contribution in [1.29, 1.82) is 0 Å². The standard InChI is InChI=1S/C16H16N2O/c1-18(2)11-10-16(19)14-8-9-15(17-12-14)13-6-4-3-5-7-13/h3-12H,1-2H3. The molecule has 0 fully saturated rings. The predicted molar refractivity (Wildman–Crippen MR) is 76.8 cm³/mol. The monoisotopic (exact) mass is 252 g/mol. The Morgan fingerprint density at radius 3 is 2.42 bits per heavy atom. The zero-order chi connectivity index (χ0) is 13.7. The van der Waals surface area contributed by atoms with Crippen LogP contribution in [0.2, 0.25) is 0 Å². The number of rotatable bonds is 4. The molecule has 0 amide bonds. The van der Waals surface area contributed by atoms with Gasteiger partial charge in [0.15, 0.2) is 5.78 Å². The summed E-state index contributed by atoms with van der Waals surface area (Å²) in [5, 5.41) is 0. The van der Waals surface area contributed by atoms with E-state index in [9.17, 15) is 4.79 Å². The molecule has 0 radical (unpaired) electrons. The molecule has 3 heteroatoms. The van der Waals surface area contributed by atoms with Gasteiger partial charge in [-0.2, -0.15) is 0 Å². The van der Waals surface area contributed by atoms with Crippen LogP contribution in [0.15, 0.2) is 60.9 Å². The first-order chi connectivity index (χ1) is 9.16. The predicted octanol–water partition coefficient (Wildman–Crippen LogP) is 3.01. The zero-order valence-electron chi connectivity index (χ0n) is 11.1. The molecule has 0 aliphatic rings. The van der Waals surface area contributed by atoms with Crippen LogP contribution in [0.1, 0.15) is 10.4 Å². The van der Waals surface area contributed by atoms with E-state index in [2.05, 4.69) is 4.98 Å². The van der Waals surface area contributed by atoms with Crippen molar-refractivity contribution >= 4 is 5.78 Å². The van der Waals surface area contributed by atoms with E-state index < -0.39 is 0 Å². The Hall–Kier alpha value is -2.42. The molecular weight excluding hydrogens is 236 g/mol. The Kier molecular flexibility index (Phi) is 4.08. The Morgan fingerprint density at radius 1 is 1.11 bits per heavy atom. The molecule has 0 atom stereocenters. The van der Waals surface area contributed by atoms with Crippen LogP contribution in [0.4, 0.5) is 0 Å². The van der Waals surface area contributed by atoms with E-state index in [1.807, 2.05) is 55.4 Å². The number of aromatic nitrogens is 1. The molecule has 0 aliphatic heterocycles. The van der Waals surface area contributed by atoms with Crippen molar-refractivity contribution in [3.63, 3.8) is 0 Å². The number of nitrogens with zero attached hydrogens (tertiary/aromatic N) is 2. The second kappa shape index (κ2) is 5.96. The van der Waals surface area contributed by atoms with Crippen molar-refractivity contribution in [2.75, 3.05) is 14.1 Å². The Morgan fingerprint density at radius 2 is 1.84 bits per heavy atom. The topological polar surface area (TPSA) is 33.2 Å². The first-order valence-corrected chi connectivity index (χ1v) is 6.07. The normalized spacial score (nSPS) is 10.6. The summed E-state index contributed by atoms with van der Waals surface area (Å²) in [5.74, 6) is -0.0409. The molecule has 0 unspecified atom stereocenters. The average molecular weight is 252 g/mol. The van der Waals surface area contributed by atoms with Gasteiger partial charge in [0.05, 0.1) is 5.69 Å². The largest absolute Gasteiger partial charge is 0.383 e. The number of hydrogen-bond donors (Lipinski definition) is 0. The highest BCUT2D eigenvalue weighted by atomic mass is 16.1. The second-order valence-electron chi connectivity index (χ2n) is 4.44. The minimum atomic E-state index is -0.0409. The Balaban J connectivity index is 2.17. The first-order valence-electron chi connectivity index (χ1n) is 6.07. The van der Waals surface area contributed by atoms with Crippen LogP contribution < -0.4 is 0 Å². The molecule has 96 valence electrons. The van der Waals surface area contributed by atoms with Crippen molar-refractivity contribution in [2.24, 2.45) is 0 Å². The van der Waals surface area contributed by atoms with Crippen LogP contribution in [-0.4, -0.2) is 29.8 Å². The van der Waals surface area contributed by atoms with Crippen LogP contribution in [-0.2, 0) is 0 Å². The molecular formula is C16H16N2O. The SMILES string of the molecule is CN(C)C=CC(=O)c1ccc(-c2ccccc2)nc1. The van der Waals surface area contributed by atoms with E-state index >= 15 is 0 Å². The van der Waals surface area contributed by atoms with Gasteiger partial charge in [0.1, 0.15) is 0 Å². The number of benzene rings is 1. The summed E-state index contributed by atoms with van der Waals surface area (Å²) < 4.78 is 0. The summed E-state index contributed by atoms with van der Waals surface area (Å²) >= 11 is 0. The number of pyridine rings is 1. The molecule has 2 rings (SSSR count). The highest BCUT2D eigenvalue weighted by Gasteiger charge is 2.03. The lowest BCUT2D eigenvalue weighted by Crippen LogP contribution is -2.03. The summed E-state index contributed by atoms with van der Waals surface area (Å²) in [6.07, 6.45) is 4.89. The molecule has 2 aromatic rings. The van der Waals surface area contributed by atoms with Crippen LogP contribution >= 0.6 is 0 Å². The van der Waals surface area contributed by atoms with Crippen LogP contribution in [0, 0.1) is 0 Å². The fourth-order valence-electron chi connectivity index (χ4n) is 1.63. The molecule has 0 N–H and O–H groups in total.